The van der Waals surface area contributed by atoms with E-state index in [0.717, 1.165) is 0 Å². The van der Waals surface area contributed by atoms with Crippen molar-refractivity contribution in [2.24, 2.45) is 0 Å². The Morgan fingerprint density at radius 1 is 1.31 bits per heavy atom. The van der Waals surface area contributed by atoms with Crippen LogP contribution in [0.25, 0.3) is 11.0 Å². The SMILES string of the molecule is O=[SH](=O)c1c(Cl)ccc2nonc12. The standard InChI is InChI=1S/C6H3ClN2O3S/c7-3-1-2-4-5(9-12-8-4)6(3)13(10)11/h1-2,13H. The molecular weight excluding hydrogens is 216 g/mol. The zero-order chi connectivity index (χ0) is 9.42. The second-order valence-corrected chi connectivity index (χ2v) is 3.65. The minimum Gasteiger partial charge on any atom is -0.243 e. The molecule has 1 aromatic heterocycles. The van der Waals surface area contributed by atoms with Crippen LogP contribution in [0.15, 0.2) is 21.7 Å². The summed E-state index contributed by atoms with van der Waals surface area (Å²) in [5.74, 6) is 0. The summed E-state index contributed by atoms with van der Waals surface area (Å²) in [7, 11) is -2.78. The minimum atomic E-state index is -2.78. The van der Waals surface area contributed by atoms with Crippen LogP contribution in [0.2, 0.25) is 5.02 Å². The molecule has 0 bridgehead atoms. The molecule has 0 amide bonds. The fourth-order valence-electron chi connectivity index (χ4n) is 0.987. The lowest BCUT2D eigenvalue weighted by molar-refractivity contribution is 0.315. The van der Waals surface area contributed by atoms with E-state index in [1.165, 1.54) is 12.1 Å². The van der Waals surface area contributed by atoms with Gasteiger partial charge in [-0.2, -0.15) is 0 Å². The monoisotopic (exact) mass is 218 g/mol. The van der Waals surface area contributed by atoms with Crippen LogP contribution in [0.4, 0.5) is 0 Å². The number of halogens is 1. The maximum atomic E-state index is 10.8. The first-order chi connectivity index (χ1) is 6.20. The van der Waals surface area contributed by atoms with Crippen molar-refractivity contribution in [3.63, 3.8) is 0 Å². The molecule has 0 unspecified atom stereocenters. The molecule has 13 heavy (non-hydrogen) atoms. The molecule has 0 radical (unpaired) electrons. The summed E-state index contributed by atoms with van der Waals surface area (Å²) in [5, 5.41) is 7.06. The van der Waals surface area contributed by atoms with E-state index in [9.17, 15) is 8.42 Å². The summed E-state index contributed by atoms with van der Waals surface area (Å²) >= 11 is 5.66. The zero-order valence-electron chi connectivity index (χ0n) is 6.10. The Kier molecular flexibility index (Phi) is 1.93. The highest BCUT2D eigenvalue weighted by molar-refractivity contribution is 7.73. The van der Waals surface area contributed by atoms with E-state index in [1.807, 2.05) is 0 Å². The highest BCUT2D eigenvalue weighted by atomic mass is 35.5. The molecule has 0 fully saturated rings. The van der Waals surface area contributed by atoms with Crippen molar-refractivity contribution in [3.8, 4) is 0 Å². The van der Waals surface area contributed by atoms with Gasteiger partial charge in [-0.15, -0.1) is 0 Å². The molecule has 2 rings (SSSR count). The van der Waals surface area contributed by atoms with Gasteiger partial charge in [0.05, 0.1) is 5.02 Å². The van der Waals surface area contributed by atoms with Crippen LogP contribution in [0.5, 0.6) is 0 Å². The van der Waals surface area contributed by atoms with Crippen molar-refractivity contribution >= 4 is 33.3 Å². The smallest absolute Gasteiger partial charge is 0.172 e. The van der Waals surface area contributed by atoms with Crippen molar-refractivity contribution in [3.05, 3.63) is 17.2 Å². The van der Waals surface area contributed by atoms with Crippen molar-refractivity contribution in [2.45, 2.75) is 4.90 Å². The molecule has 0 saturated carbocycles. The van der Waals surface area contributed by atoms with Crippen LogP contribution in [0, 0.1) is 0 Å². The van der Waals surface area contributed by atoms with Crippen molar-refractivity contribution in [1.29, 1.82) is 0 Å². The molecule has 2 aromatic rings. The molecule has 0 atom stereocenters. The number of nitrogens with zero attached hydrogens (tertiary/aromatic N) is 2. The summed E-state index contributed by atoms with van der Waals surface area (Å²) in [6.45, 7) is 0. The molecule has 0 saturated heterocycles. The first-order valence-electron chi connectivity index (χ1n) is 3.25. The molecule has 0 aliphatic carbocycles. The number of hydrogen-bond donors (Lipinski definition) is 1. The van der Waals surface area contributed by atoms with Gasteiger partial charge in [-0.05, 0) is 22.4 Å². The van der Waals surface area contributed by atoms with Gasteiger partial charge in [0.1, 0.15) is 10.4 Å². The molecule has 1 heterocycles. The topological polar surface area (TPSA) is 73.1 Å². The van der Waals surface area contributed by atoms with Crippen LogP contribution in [-0.4, -0.2) is 18.7 Å². The van der Waals surface area contributed by atoms with Crippen LogP contribution in [-0.2, 0) is 10.7 Å². The van der Waals surface area contributed by atoms with E-state index in [-0.39, 0.29) is 15.4 Å². The predicted octanol–water partition coefficient (Wildman–Crippen LogP) is 0.847. The third-order valence-electron chi connectivity index (χ3n) is 1.53. The van der Waals surface area contributed by atoms with Gasteiger partial charge >= 0.3 is 0 Å². The molecule has 1 aromatic carbocycles. The second-order valence-electron chi connectivity index (χ2n) is 2.29. The van der Waals surface area contributed by atoms with Crippen molar-refractivity contribution in [1.82, 2.24) is 10.3 Å². The lowest BCUT2D eigenvalue weighted by atomic mass is 10.3. The number of hydrogen-bond acceptors (Lipinski definition) is 5. The van der Waals surface area contributed by atoms with E-state index >= 15 is 0 Å². The number of fused-ring (bicyclic) bond motifs is 1. The van der Waals surface area contributed by atoms with Crippen molar-refractivity contribution in [2.75, 3.05) is 0 Å². The highest BCUT2D eigenvalue weighted by Crippen LogP contribution is 2.24. The third kappa shape index (κ3) is 1.27. The molecular formula is C6H3ClN2O3S. The van der Waals surface area contributed by atoms with Crippen LogP contribution in [0.3, 0.4) is 0 Å². The van der Waals surface area contributed by atoms with Gasteiger partial charge in [-0.1, -0.05) is 11.6 Å². The predicted molar refractivity (Wildman–Crippen MR) is 45.4 cm³/mol. The van der Waals surface area contributed by atoms with E-state index in [0.29, 0.717) is 5.52 Å². The summed E-state index contributed by atoms with van der Waals surface area (Å²) in [6.07, 6.45) is 0. The fraction of sp³-hybridized carbons (Fsp3) is 0. The van der Waals surface area contributed by atoms with Gasteiger partial charge in [0.15, 0.2) is 16.2 Å². The Hall–Kier alpha value is -1.14. The maximum absolute atomic E-state index is 10.8. The van der Waals surface area contributed by atoms with Crippen LogP contribution >= 0.6 is 11.6 Å². The second kappa shape index (κ2) is 2.97. The molecule has 0 aliphatic rings. The van der Waals surface area contributed by atoms with Crippen molar-refractivity contribution < 1.29 is 13.0 Å². The summed E-state index contributed by atoms with van der Waals surface area (Å²) < 4.78 is 25.9. The Balaban J connectivity index is 2.96. The van der Waals surface area contributed by atoms with Gasteiger partial charge in [-0.25, -0.2) is 13.0 Å². The zero-order valence-corrected chi connectivity index (χ0v) is 7.75. The minimum absolute atomic E-state index is 0.0459. The van der Waals surface area contributed by atoms with Crippen LogP contribution < -0.4 is 0 Å². The molecule has 0 N–H and O–H groups in total. The fourth-order valence-corrected chi connectivity index (χ4v) is 1.92. The Bertz CT molecular complexity index is 526. The third-order valence-corrected chi connectivity index (χ3v) is 2.80. The van der Waals surface area contributed by atoms with Gasteiger partial charge in [0.25, 0.3) is 0 Å². The maximum Gasteiger partial charge on any atom is 0.172 e. The largest absolute Gasteiger partial charge is 0.243 e. The first-order valence-corrected chi connectivity index (χ1v) is 4.81. The number of thiol groups is 1. The molecule has 0 aliphatic heterocycles. The Labute approximate surface area is 79.2 Å². The van der Waals surface area contributed by atoms with E-state index in [2.05, 4.69) is 14.9 Å². The van der Waals surface area contributed by atoms with E-state index < -0.39 is 10.7 Å². The average molecular weight is 219 g/mol. The number of aromatic nitrogens is 2. The lowest BCUT2D eigenvalue weighted by Gasteiger charge is -1.93. The van der Waals surface area contributed by atoms with Gasteiger partial charge < -0.3 is 0 Å². The van der Waals surface area contributed by atoms with E-state index in [4.69, 9.17) is 11.6 Å². The van der Waals surface area contributed by atoms with Gasteiger partial charge in [0.2, 0.25) is 0 Å². The molecule has 5 nitrogen and oxygen atoms in total. The van der Waals surface area contributed by atoms with Crippen LogP contribution in [0.1, 0.15) is 0 Å². The van der Waals surface area contributed by atoms with Gasteiger partial charge in [0, 0.05) is 0 Å². The number of benzene rings is 1. The number of rotatable bonds is 1. The lowest BCUT2D eigenvalue weighted by Crippen LogP contribution is -1.84. The molecule has 68 valence electrons. The summed E-state index contributed by atoms with van der Waals surface area (Å²) in [5.41, 5.74) is 0.544. The Morgan fingerprint density at radius 3 is 2.77 bits per heavy atom. The van der Waals surface area contributed by atoms with Gasteiger partial charge in [-0.3, -0.25) is 0 Å². The Morgan fingerprint density at radius 2 is 2.08 bits per heavy atom. The summed E-state index contributed by atoms with van der Waals surface area (Å²) in [6, 6.07) is 2.98. The molecule has 0 spiro atoms. The first kappa shape index (κ1) is 8.46. The quantitative estimate of drug-likeness (QED) is 0.719. The highest BCUT2D eigenvalue weighted by Gasteiger charge is 2.12. The van der Waals surface area contributed by atoms with E-state index in [1.54, 1.807) is 0 Å². The average Bonchev–Trinajstić information content (AvgIpc) is 2.50. The normalized spacial score (nSPS) is 11.2. The summed E-state index contributed by atoms with van der Waals surface area (Å²) in [4.78, 5) is -0.0459. The molecule has 7 heteroatoms.